The molecule has 0 heterocycles. The molecule has 2 rings (SSSR count). The zero-order valence-corrected chi connectivity index (χ0v) is 18.6. The summed E-state index contributed by atoms with van der Waals surface area (Å²) in [4.78, 5) is 4.31. The molecular formula is C20H35IN4O. The number of nitrogens with one attached hydrogen (secondary N) is 3. The molecule has 6 heteroatoms. The Bertz CT molecular complexity index is 501. The number of hydrogen-bond donors (Lipinski definition) is 3. The molecule has 5 nitrogen and oxygen atoms in total. The van der Waals surface area contributed by atoms with Crippen molar-refractivity contribution in [2.45, 2.75) is 45.1 Å². The van der Waals surface area contributed by atoms with Crippen LogP contribution in [0.3, 0.4) is 0 Å². The minimum absolute atomic E-state index is 0. The number of rotatable bonds is 10. The highest BCUT2D eigenvalue weighted by atomic mass is 127. The maximum Gasteiger partial charge on any atom is 0.191 e. The summed E-state index contributed by atoms with van der Waals surface area (Å²) >= 11 is 0. The summed E-state index contributed by atoms with van der Waals surface area (Å²) in [5, 5.41) is 10.1. The van der Waals surface area contributed by atoms with Crippen LogP contribution < -0.4 is 16.0 Å². The van der Waals surface area contributed by atoms with Crippen molar-refractivity contribution in [3.8, 4) is 0 Å². The maximum absolute atomic E-state index is 5.04. The van der Waals surface area contributed by atoms with Crippen molar-refractivity contribution < 1.29 is 4.74 Å². The van der Waals surface area contributed by atoms with Crippen LogP contribution in [0, 0.1) is 5.92 Å². The number of guanidine groups is 1. The molecule has 0 aromatic heterocycles. The van der Waals surface area contributed by atoms with Crippen LogP contribution in [0.2, 0.25) is 0 Å². The Labute approximate surface area is 175 Å². The average molecular weight is 474 g/mol. The van der Waals surface area contributed by atoms with Crippen LogP contribution in [-0.4, -0.2) is 39.8 Å². The van der Waals surface area contributed by atoms with Crippen molar-refractivity contribution in [3.05, 3.63) is 29.8 Å². The largest absolute Gasteiger partial charge is 0.383 e. The standard InChI is InChI=1S/C20H34N4O.HI/c1-21-20(23-13-5-8-17-6-3-4-7-17)24-16-18-9-11-19(12-10-18)22-14-15-25-2;/h9-12,17,22H,3-8,13-16H2,1-2H3,(H2,21,23,24);1H. The molecule has 0 radical (unpaired) electrons. The van der Waals surface area contributed by atoms with E-state index in [0.29, 0.717) is 6.61 Å². The first-order chi connectivity index (χ1) is 12.3. The third-order valence-electron chi connectivity index (χ3n) is 4.83. The van der Waals surface area contributed by atoms with E-state index in [-0.39, 0.29) is 24.0 Å². The van der Waals surface area contributed by atoms with Crippen LogP contribution in [0.1, 0.15) is 44.1 Å². The number of benzene rings is 1. The number of methoxy groups -OCH3 is 1. The minimum atomic E-state index is 0. The third kappa shape index (κ3) is 9.07. The van der Waals surface area contributed by atoms with Gasteiger partial charge in [-0.1, -0.05) is 37.8 Å². The lowest BCUT2D eigenvalue weighted by Crippen LogP contribution is -2.37. The van der Waals surface area contributed by atoms with E-state index in [4.69, 9.17) is 4.74 Å². The lowest BCUT2D eigenvalue weighted by atomic mass is 10.0. The fourth-order valence-corrected chi connectivity index (χ4v) is 3.34. The summed E-state index contributed by atoms with van der Waals surface area (Å²) in [6.45, 7) is 3.32. The zero-order valence-electron chi connectivity index (χ0n) is 16.2. The summed E-state index contributed by atoms with van der Waals surface area (Å²) in [5.41, 5.74) is 2.36. The van der Waals surface area contributed by atoms with E-state index < -0.39 is 0 Å². The monoisotopic (exact) mass is 474 g/mol. The van der Waals surface area contributed by atoms with E-state index >= 15 is 0 Å². The van der Waals surface area contributed by atoms with Crippen LogP contribution in [0.15, 0.2) is 29.3 Å². The van der Waals surface area contributed by atoms with Crippen molar-refractivity contribution in [2.75, 3.05) is 39.2 Å². The molecule has 1 saturated carbocycles. The fourth-order valence-electron chi connectivity index (χ4n) is 3.34. The minimum Gasteiger partial charge on any atom is -0.383 e. The Morgan fingerprint density at radius 2 is 1.85 bits per heavy atom. The number of halogens is 1. The van der Waals surface area contributed by atoms with Gasteiger partial charge < -0.3 is 20.7 Å². The van der Waals surface area contributed by atoms with Crippen molar-refractivity contribution in [1.82, 2.24) is 10.6 Å². The predicted molar refractivity (Wildman–Crippen MR) is 122 cm³/mol. The molecule has 0 spiro atoms. The molecule has 0 aliphatic heterocycles. The number of nitrogens with zero attached hydrogens (tertiary/aromatic N) is 1. The van der Waals surface area contributed by atoms with Crippen molar-refractivity contribution >= 4 is 35.6 Å². The highest BCUT2D eigenvalue weighted by molar-refractivity contribution is 14.0. The van der Waals surface area contributed by atoms with Crippen LogP contribution >= 0.6 is 24.0 Å². The number of anilines is 1. The molecule has 1 fully saturated rings. The van der Waals surface area contributed by atoms with Gasteiger partial charge in [0.05, 0.1) is 6.61 Å². The molecule has 0 bridgehead atoms. The smallest absolute Gasteiger partial charge is 0.191 e. The third-order valence-corrected chi connectivity index (χ3v) is 4.83. The lowest BCUT2D eigenvalue weighted by Gasteiger charge is -2.13. The quantitative estimate of drug-likeness (QED) is 0.208. The molecule has 1 aromatic rings. The Balaban J connectivity index is 0.00000338. The Kier molecular flexibility index (Phi) is 12.5. The second kappa shape index (κ2) is 14.1. The van der Waals surface area contributed by atoms with Crippen molar-refractivity contribution in [1.29, 1.82) is 0 Å². The molecular weight excluding hydrogens is 439 g/mol. The van der Waals surface area contributed by atoms with Crippen molar-refractivity contribution in [3.63, 3.8) is 0 Å². The first-order valence-electron chi connectivity index (χ1n) is 9.58. The number of aliphatic imine (C=N–C) groups is 1. The molecule has 1 aliphatic carbocycles. The summed E-state index contributed by atoms with van der Waals surface area (Å²) in [5.74, 6) is 1.85. The summed E-state index contributed by atoms with van der Waals surface area (Å²) in [7, 11) is 3.54. The van der Waals surface area contributed by atoms with Gasteiger partial charge in [-0.3, -0.25) is 4.99 Å². The molecule has 1 aromatic carbocycles. The second-order valence-electron chi connectivity index (χ2n) is 6.76. The zero-order chi connectivity index (χ0) is 17.7. The summed E-state index contributed by atoms with van der Waals surface area (Å²) < 4.78 is 5.04. The van der Waals surface area contributed by atoms with E-state index in [9.17, 15) is 0 Å². The van der Waals surface area contributed by atoms with Crippen LogP contribution in [0.5, 0.6) is 0 Å². The molecule has 0 amide bonds. The normalized spacial score (nSPS) is 14.8. The highest BCUT2D eigenvalue weighted by Crippen LogP contribution is 2.28. The lowest BCUT2D eigenvalue weighted by molar-refractivity contribution is 0.211. The van der Waals surface area contributed by atoms with Crippen LogP contribution in [-0.2, 0) is 11.3 Å². The number of ether oxygens (including phenoxy) is 1. The van der Waals surface area contributed by atoms with Crippen LogP contribution in [0.4, 0.5) is 5.69 Å². The molecule has 0 atom stereocenters. The van der Waals surface area contributed by atoms with Gasteiger partial charge in [-0.2, -0.15) is 0 Å². The van der Waals surface area contributed by atoms with E-state index in [1.165, 1.54) is 44.1 Å². The topological polar surface area (TPSA) is 57.7 Å². The van der Waals surface area contributed by atoms with Crippen molar-refractivity contribution in [2.24, 2.45) is 10.9 Å². The Morgan fingerprint density at radius 1 is 1.12 bits per heavy atom. The van der Waals surface area contributed by atoms with Gasteiger partial charge in [0, 0.05) is 39.5 Å². The van der Waals surface area contributed by atoms with E-state index in [0.717, 1.165) is 37.2 Å². The Morgan fingerprint density at radius 3 is 2.50 bits per heavy atom. The summed E-state index contributed by atoms with van der Waals surface area (Å²) in [6.07, 6.45) is 8.31. The molecule has 26 heavy (non-hydrogen) atoms. The molecule has 0 saturated heterocycles. The van der Waals surface area contributed by atoms with Crippen LogP contribution in [0.25, 0.3) is 0 Å². The van der Waals surface area contributed by atoms with Gasteiger partial charge in [-0.15, -0.1) is 24.0 Å². The first-order valence-corrected chi connectivity index (χ1v) is 9.58. The Hall–Kier alpha value is -1.02. The second-order valence-corrected chi connectivity index (χ2v) is 6.76. The van der Waals surface area contributed by atoms with E-state index in [1.54, 1.807) is 7.11 Å². The van der Waals surface area contributed by atoms with Gasteiger partial charge in [0.25, 0.3) is 0 Å². The predicted octanol–water partition coefficient (Wildman–Crippen LogP) is 4.00. The molecule has 0 unspecified atom stereocenters. The van der Waals surface area contributed by atoms with E-state index in [2.05, 4.69) is 45.2 Å². The van der Waals surface area contributed by atoms with Gasteiger partial charge in [-0.25, -0.2) is 0 Å². The fraction of sp³-hybridized carbons (Fsp3) is 0.650. The van der Waals surface area contributed by atoms with Gasteiger partial charge in [0.2, 0.25) is 0 Å². The van der Waals surface area contributed by atoms with Gasteiger partial charge in [-0.05, 0) is 36.5 Å². The first kappa shape index (κ1) is 23.0. The summed E-state index contributed by atoms with van der Waals surface area (Å²) in [6, 6.07) is 8.47. The average Bonchev–Trinajstić information content (AvgIpc) is 3.16. The molecule has 148 valence electrons. The molecule has 1 aliphatic rings. The van der Waals surface area contributed by atoms with Gasteiger partial charge in [0.15, 0.2) is 5.96 Å². The van der Waals surface area contributed by atoms with Gasteiger partial charge in [0.1, 0.15) is 0 Å². The molecule has 3 N–H and O–H groups in total. The maximum atomic E-state index is 5.04. The SMILES string of the molecule is CN=C(NCCCC1CCCC1)NCc1ccc(NCCOC)cc1.I. The van der Waals surface area contributed by atoms with E-state index in [1.807, 2.05) is 7.05 Å². The number of hydrogen-bond acceptors (Lipinski definition) is 3. The van der Waals surface area contributed by atoms with Gasteiger partial charge >= 0.3 is 0 Å². The highest BCUT2D eigenvalue weighted by Gasteiger charge is 2.13.